The van der Waals surface area contributed by atoms with Crippen molar-refractivity contribution >= 4 is 34.1 Å². The number of carbonyl (C=O) groups is 2. The lowest BCUT2D eigenvalue weighted by Gasteiger charge is -2.32. The summed E-state index contributed by atoms with van der Waals surface area (Å²) in [5, 5.41) is 6.11. The number of thiophene rings is 1. The Morgan fingerprint density at radius 2 is 1.84 bits per heavy atom. The monoisotopic (exact) mass is 444 g/mol. The molecule has 3 heterocycles. The van der Waals surface area contributed by atoms with Crippen molar-refractivity contribution in [1.82, 2.24) is 10.2 Å². The SMILES string of the molecule is O=C(NC(c1ccccc1)c1cc2ccccc2o1)C1CCCN(C(=O)c2cccs2)C1. The van der Waals surface area contributed by atoms with E-state index in [-0.39, 0.29) is 23.8 Å². The zero-order valence-corrected chi connectivity index (χ0v) is 18.4. The van der Waals surface area contributed by atoms with Crippen molar-refractivity contribution in [2.24, 2.45) is 5.92 Å². The van der Waals surface area contributed by atoms with E-state index in [1.807, 2.05) is 78.2 Å². The number of rotatable bonds is 5. The fraction of sp³-hybridized carbons (Fsp3) is 0.231. The van der Waals surface area contributed by atoms with Gasteiger partial charge in [0.1, 0.15) is 17.4 Å². The lowest BCUT2D eigenvalue weighted by molar-refractivity contribution is -0.127. The molecule has 2 unspecified atom stereocenters. The number of carbonyl (C=O) groups excluding carboxylic acids is 2. The van der Waals surface area contributed by atoms with Gasteiger partial charge in [-0.1, -0.05) is 54.6 Å². The molecule has 0 saturated carbocycles. The molecule has 2 atom stereocenters. The van der Waals surface area contributed by atoms with Crippen LogP contribution >= 0.6 is 11.3 Å². The van der Waals surface area contributed by atoms with Crippen LogP contribution < -0.4 is 5.32 Å². The van der Waals surface area contributed by atoms with E-state index < -0.39 is 0 Å². The third-order valence-corrected chi connectivity index (χ3v) is 6.82. The minimum atomic E-state index is -0.389. The summed E-state index contributed by atoms with van der Waals surface area (Å²) in [6.45, 7) is 1.12. The van der Waals surface area contributed by atoms with Gasteiger partial charge < -0.3 is 14.6 Å². The minimum absolute atomic E-state index is 0.00870. The Morgan fingerprint density at radius 1 is 1.03 bits per heavy atom. The summed E-state index contributed by atoms with van der Waals surface area (Å²) in [6, 6.07) is 23.0. The lowest BCUT2D eigenvalue weighted by atomic mass is 9.95. The zero-order chi connectivity index (χ0) is 21.9. The van der Waals surface area contributed by atoms with Crippen LogP contribution in [0.5, 0.6) is 0 Å². The van der Waals surface area contributed by atoms with Gasteiger partial charge in [-0.05, 0) is 42.0 Å². The van der Waals surface area contributed by atoms with Gasteiger partial charge in [-0.15, -0.1) is 11.3 Å². The van der Waals surface area contributed by atoms with Crippen molar-refractivity contribution in [3.05, 3.63) is 94.4 Å². The molecule has 0 spiro atoms. The van der Waals surface area contributed by atoms with E-state index in [2.05, 4.69) is 5.32 Å². The Labute approximate surface area is 190 Å². The number of likely N-dealkylation sites (tertiary alicyclic amines) is 1. The number of hydrogen-bond acceptors (Lipinski definition) is 4. The van der Waals surface area contributed by atoms with Gasteiger partial charge >= 0.3 is 0 Å². The summed E-state index contributed by atoms with van der Waals surface area (Å²) in [6.07, 6.45) is 1.58. The molecule has 5 rings (SSSR count). The van der Waals surface area contributed by atoms with Gasteiger partial charge in [0.25, 0.3) is 5.91 Å². The molecular formula is C26H24N2O3S. The topological polar surface area (TPSA) is 62.6 Å². The van der Waals surface area contributed by atoms with Gasteiger partial charge in [-0.3, -0.25) is 9.59 Å². The van der Waals surface area contributed by atoms with Crippen LogP contribution in [0.3, 0.4) is 0 Å². The van der Waals surface area contributed by atoms with E-state index in [0.717, 1.165) is 34.3 Å². The van der Waals surface area contributed by atoms with Crippen LogP contribution in [0.4, 0.5) is 0 Å². The lowest BCUT2D eigenvalue weighted by Crippen LogP contribution is -2.46. The molecule has 2 amide bonds. The fourth-order valence-electron chi connectivity index (χ4n) is 4.30. The van der Waals surface area contributed by atoms with Crippen LogP contribution in [0.15, 0.2) is 82.6 Å². The summed E-state index contributed by atoms with van der Waals surface area (Å²) in [7, 11) is 0. The Hall–Kier alpha value is -3.38. The first-order valence-electron chi connectivity index (χ1n) is 10.9. The Balaban J connectivity index is 1.37. The van der Waals surface area contributed by atoms with E-state index in [4.69, 9.17) is 4.42 Å². The van der Waals surface area contributed by atoms with E-state index in [1.54, 1.807) is 4.90 Å². The van der Waals surface area contributed by atoms with Crippen LogP contribution in [0.2, 0.25) is 0 Å². The average Bonchev–Trinajstić information content (AvgIpc) is 3.52. The molecule has 2 aromatic carbocycles. The molecule has 1 saturated heterocycles. The highest BCUT2D eigenvalue weighted by atomic mass is 32.1. The maximum Gasteiger partial charge on any atom is 0.263 e. The Morgan fingerprint density at radius 3 is 2.62 bits per heavy atom. The summed E-state index contributed by atoms with van der Waals surface area (Å²) < 4.78 is 6.10. The smallest absolute Gasteiger partial charge is 0.263 e. The first-order chi connectivity index (χ1) is 15.7. The maximum absolute atomic E-state index is 13.3. The number of hydrogen-bond donors (Lipinski definition) is 1. The quantitative estimate of drug-likeness (QED) is 0.457. The number of benzene rings is 2. The number of fused-ring (bicyclic) bond motifs is 1. The van der Waals surface area contributed by atoms with Crippen LogP contribution in [-0.4, -0.2) is 29.8 Å². The van der Waals surface area contributed by atoms with Gasteiger partial charge in [-0.2, -0.15) is 0 Å². The maximum atomic E-state index is 13.3. The Kier molecular flexibility index (Phi) is 5.77. The summed E-state index contributed by atoms with van der Waals surface area (Å²) in [5.74, 6) is 0.411. The first kappa shape index (κ1) is 20.5. The van der Waals surface area contributed by atoms with Gasteiger partial charge in [0, 0.05) is 18.5 Å². The molecule has 6 heteroatoms. The van der Waals surface area contributed by atoms with Crippen molar-refractivity contribution in [3.8, 4) is 0 Å². The van der Waals surface area contributed by atoms with Gasteiger partial charge in [0.15, 0.2) is 0 Å². The van der Waals surface area contributed by atoms with E-state index in [0.29, 0.717) is 18.8 Å². The van der Waals surface area contributed by atoms with Gasteiger partial charge in [0.2, 0.25) is 5.91 Å². The van der Waals surface area contributed by atoms with Crippen molar-refractivity contribution in [2.45, 2.75) is 18.9 Å². The minimum Gasteiger partial charge on any atom is -0.459 e. The largest absolute Gasteiger partial charge is 0.459 e. The Bertz CT molecular complexity index is 1180. The van der Waals surface area contributed by atoms with Gasteiger partial charge in [0.05, 0.1) is 10.8 Å². The zero-order valence-electron chi connectivity index (χ0n) is 17.6. The molecule has 1 N–H and O–H groups in total. The van der Waals surface area contributed by atoms with E-state index in [1.165, 1.54) is 11.3 Å². The van der Waals surface area contributed by atoms with E-state index >= 15 is 0 Å². The number of piperidine rings is 1. The van der Waals surface area contributed by atoms with Crippen molar-refractivity contribution in [3.63, 3.8) is 0 Å². The van der Waals surface area contributed by atoms with E-state index in [9.17, 15) is 9.59 Å². The number of furan rings is 1. The second kappa shape index (κ2) is 9.01. The number of nitrogens with zero attached hydrogens (tertiary/aromatic N) is 1. The summed E-state index contributed by atoms with van der Waals surface area (Å²) in [5.41, 5.74) is 1.75. The molecule has 4 aromatic rings. The fourth-order valence-corrected chi connectivity index (χ4v) is 4.99. The van der Waals surface area contributed by atoms with Crippen LogP contribution in [0.25, 0.3) is 11.0 Å². The predicted octanol–water partition coefficient (Wildman–Crippen LogP) is 5.25. The van der Waals surface area contributed by atoms with Gasteiger partial charge in [-0.25, -0.2) is 0 Å². The molecule has 1 aliphatic heterocycles. The third kappa shape index (κ3) is 4.18. The number of amides is 2. The molecule has 2 aromatic heterocycles. The number of para-hydroxylation sites is 1. The highest BCUT2D eigenvalue weighted by molar-refractivity contribution is 7.12. The molecule has 1 fully saturated rings. The van der Waals surface area contributed by atoms with Crippen LogP contribution in [0.1, 0.15) is 39.9 Å². The van der Waals surface area contributed by atoms with Crippen LogP contribution in [0, 0.1) is 5.92 Å². The van der Waals surface area contributed by atoms with Crippen LogP contribution in [-0.2, 0) is 4.79 Å². The second-order valence-corrected chi connectivity index (χ2v) is 9.05. The first-order valence-corrected chi connectivity index (χ1v) is 11.7. The number of nitrogens with one attached hydrogen (secondary N) is 1. The standard InChI is InChI=1S/C26H24N2O3S/c29-25(20-11-6-14-28(17-20)26(30)23-13-7-15-32-23)27-24(18-8-2-1-3-9-18)22-16-19-10-4-5-12-21(19)31-22/h1-5,7-10,12-13,15-16,20,24H,6,11,14,17H2,(H,27,29). The molecule has 0 bridgehead atoms. The molecule has 162 valence electrons. The molecule has 1 aliphatic rings. The van der Waals surface area contributed by atoms with Crippen molar-refractivity contribution < 1.29 is 14.0 Å². The second-order valence-electron chi connectivity index (χ2n) is 8.11. The highest BCUT2D eigenvalue weighted by Crippen LogP contribution is 2.29. The summed E-state index contributed by atoms with van der Waals surface area (Å²) in [4.78, 5) is 28.6. The predicted molar refractivity (Wildman–Crippen MR) is 126 cm³/mol. The molecule has 0 aliphatic carbocycles. The van der Waals surface area contributed by atoms with Crippen molar-refractivity contribution in [2.75, 3.05) is 13.1 Å². The molecule has 0 radical (unpaired) electrons. The third-order valence-electron chi connectivity index (χ3n) is 5.96. The average molecular weight is 445 g/mol. The normalized spacial score (nSPS) is 17.2. The molecular weight excluding hydrogens is 420 g/mol. The van der Waals surface area contributed by atoms with Crippen molar-refractivity contribution in [1.29, 1.82) is 0 Å². The molecule has 32 heavy (non-hydrogen) atoms. The highest BCUT2D eigenvalue weighted by Gasteiger charge is 2.31. The summed E-state index contributed by atoms with van der Waals surface area (Å²) >= 11 is 1.44. The molecule has 5 nitrogen and oxygen atoms in total.